The van der Waals surface area contributed by atoms with E-state index in [0.717, 1.165) is 4.68 Å². The van der Waals surface area contributed by atoms with E-state index in [4.69, 9.17) is 0 Å². The van der Waals surface area contributed by atoms with E-state index < -0.39 is 24.3 Å². The van der Waals surface area contributed by atoms with Gasteiger partial charge in [-0.1, -0.05) is 6.92 Å². The third-order valence-corrected chi connectivity index (χ3v) is 3.50. The molecule has 0 spiro atoms. The molecule has 1 aromatic rings. The van der Waals surface area contributed by atoms with Crippen molar-refractivity contribution in [1.29, 1.82) is 0 Å². The summed E-state index contributed by atoms with van der Waals surface area (Å²) in [6.45, 7) is 3.14. The number of hydrogen-bond acceptors (Lipinski definition) is 2. The van der Waals surface area contributed by atoms with Gasteiger partial charge in [0.15, 0.2) is 5.92 Å². The second-order valence-corrected chi connectivity index (χ2v) is 5.14. The molecule has 0 aliphatic heterocycles. The first-order valence-electron chi connectivity index (χ1n) is 6.12. The van der Waals surface area contributed by atoms with Crippen molar-refractivity contribution in [2.24, 2.45) is 5.92 Å². The average Bonchev–Trinajstić information content (AvgIpc) is 2.66. The Kier molecular flexibility index (Phi) is 5.70. The minimum absolute atomic E-state index is 0.0470. The van der Waals surface area contributed by atoms with Crippen LogP contribution in [0.2, 0.25) is 0 Å². The zero-order valence-electron chi connectivity index (χ0n) is 11.2. The summed E-state index contributed by atoms with van der Waals surface area (Å²) in [7, 11) is 0. The van der Waals surface area contributed by atoms with Gasteiger partial charge >= 0.3 is 12.4 Å². The Morgan fingerprint density at radius 1 is 1.19 bits per heavy atom. The Morgan fingerprint density at radius 3 is 2.10 bits per heavy atom. The van der Waals surface area contributed by atoms with Crippen LogP contribution in [-0.4, -0.2) is 28.7 Å². The standard InChI is InChI=1S/C11H14BrF6N3/c1-3-19-7(8-6(12)5-20-21(8)4-2)9(10(13,14)15)11(16,17)18/h5,7,9,19H,3-4H2,1-2H3. The minimum atomic E-state index is -5.42. The molecule has 0 aliphatic rings. The van der Waals surface area contributed by atoms with Gasteiger partial charge in [-0.15, -0.1) is 0 Å². The molecule has 122 valence electrons. The maximum Gasteiger partial charge on any atom is 0.402 e. The van der Waals surface area contributed by atoms with Gasteiger partial charge in [0.25, 0.3) is 0 Å². The summed E-state index contributed by atoms with van der Waals surface area (Å²) in [4.78, 5) is 0. The molecule has 0 aliphatic carbocycles. The molecular weight excluding hydrogens is 368 g/mol. The summed E-state index contributed by atoms with van der Waals surface area (Å²) >= 11 is 2.97. The van der Waals surface area contributed by atoms with E-state index in [9.17, 15) is 26.3 Å². The van der Waals surface area contributed by atoms with Crippen LogP contribution in [0.4, 0.5) is 26.3 Å². The van der Waals surface area contributed by atoms with Crippen LogP contribution >= 0.6 is 15.9 Å². The lowest BCUT2D eigenvalue weighted by Crippen LogP contribution is -2.46. The molecule has 3 nitrogen and oxygen atoms in total. The summed E-state index contributed by atoms with van der Waals surface area (Å²) in [5, 5.41) is 6.06. The van der Waals surface area contributed by atoms with Gasteiger partial charge in [0.2, 0.25) is 0 Å². The van der Waals surface area contributed by atoms with Crippen molar-refractivity contribution in [3.8, 4) is 0 Å². The summed E-state index contributed by atoms with van der Waals surface area (Å²) in [6.07, 6.45) is -9.66. The monoisotopic (exact) mass is 381 g/mol. The molecule has 1 rings (SSSR count). The molecule has 0 bridgehead atoms. The van der Waals surface area contributed by atoms with Crippen LogP contribution in [0, 0.1) is 5.92 Å². The maximum atomic E-state index is 12.9. The van der Waals surface area contributed by atoms with Crippen LogP contribution in [0.3, 0.4) is 0 Å². The quantitative estimate of drug-likeness (QED) is 0.779. The largest absolute Gasteiger partial charge is 0.402 e. The number of nitrogens with zero attached hydrogens (tertiary/aromatic N) is 2. The minimum Gasteiger partial charge on any atom is -0.308 e. The molecule has 0 saturated carbocycles. The first kappa shape index (κ1) is 18.3. The fourth-order valence-electron chi connectivity index (χ4n) is 2.09. The van der Waals surface area contributed by atoms with Gasteiger partial charge in [0, 0.05) is 6.54 Å². The van der Waals surface area contributed by atoms with Crippen molar-refractivity contribution in [1.82, 2.24) is 15.1 Å². The van der Waals surface area contributed by atoms with E-state index in [1.807, 2.05) is 0 Å². The normalized spacial score (nSPS) is 14.8. The van der Waals surface area contributed by atoms with Gasteiger partial charge in [0.05, 0.1) is 22.4 Å². The van der Waals surface area contributed by atoms with Crippen molar-refractivity contribution in [2.45, 2.75) is 38.8 Å². The molecular formula is C11H14BrF6N3. The third kappa shape index (κ3) is 4.12. The number of aryl methyl sites for hydroxylation is 1. The highest BCUT2D eigenvalue weighted by molar-refractivity contribution is 9.10. The average molecular weight is 382 g/mol. The van der Waals surface area contributed by atoms with Gasteiger partial charge in [-0.05, 0) is 29.4 Å². The molecule has 0 saturated heterocycles. The number of aromatic nitrogens is 2. The number of rotatable bonds is 5. The zero-order chi connectivity index (χ0) is 16.4. The molecule has 10 heteroatoms. The maximum absolute atomic E-state index is 12.9. The van der Waals surface area contributed by atoms with Crippen LogP contribution < -0.4 is 5.32 Å². The Hall–Kier alpha value is -0.770. The van der Waals surface area contributed by atoms with Gasteiger partial charge in [-0.3, -0.25) is 4.68 Å². The van der Waals surface area contributed by atoms with E-state index in [1.54, 1.807) is 6.92 Å². The Balaban J connectivity index is 3.41. The van der Waals surface area contributed by atoms with Gasteiger partial charge in [-0.2, -0.15) is 31.4 Å². The second-order valence-electron chi connectivity index (χ2n) is 4.29. The number of nitrogens with one attached hydrogen (secondary N) is 1. The van der Waals surface area contributed by atoms with E-state index in [0.29, 0.717) is 0 Å². The molecule has 1 aromatic heterocycles. The Labute approximate surface area is 125 Å². The van der Waals surface area contributed by atoms with Crippen LogP contribution in [-0.2, 0) is 6.54 Å². The van der Waals surface area contributed by atoms with Gasteiger partial charge in [-0.25, -0.2) is 0 Å². The fourth-order valence-corrected chi connectivity index (χ4v) is 2.63. The second kappa shape index (κ2) is 6.55. The zero-order valence-corrected chi connectivity index (χ0v) is 12.8. The van der Waals surface area contributed by atoms with Crippen molar-refractivity contribution < 1.29 is 26.3 Å². The van der Waals surface area contributed by atoms with Crippen LogP contribution in [0.1, 0.15) is 25.6 Å². The Morgan fingerprint density at radius 2 is 1.71 bits per heavy atom. The lowest BCUT2D eigenvalue weighted by atomic mass is 9.95. The number of hydrogen-bond donors (Lipinski definition) is 1. The molecule has 21 heavy (non-hydrogen) atoms. The SMILES string of the molecule is CCNC(c1c(Br)cnn1CC)C(C(F)(F)F)C(F)(F)F. The van der Waals surface area contributed by atoms with Crippen molar-refractivity contribution in [2.75, 3.05) is 6.54 Å². The molecule has 0 fully saturated rings. The van der Waals surface area contributed by atoms with E-state index in [2.05, 4.69) is 26.3 Å². The van der Waals surface area contributed by atoms with Crippen LogP contribution in [0.5, 0.6) is 0 Å². The summed E-state index contributed by atoms with van der Waals surface area (Å²) < 4.78 is 78.9. The van der Waals surface area contributed by atoms with E-state index in [1.165, 1.54) is 13.1 Å². The van der Waals surface area contributed by atoms with E-state index >= 15 is 0 Å². The van der Waals surface area contributed by atoms with Crippen molar-refractivity contribution >= 4 is 15.9 Å². The highest BCUT2D eigenvalue weighted by atomic mass is 79.9. The summed E-state index contributed by atoms with van der Waals surface area (Å²) in [5.41, 5.74) is -0.168. The molecule has 1 unspecified atom stereocenters. The van der Waals surface area contributed by atoms with Crippen molar-refractivity contribution in [3.63, 3.8) is 0 Å². The first-order valence-corrected chi connectivity index (χ1v) is 6.91. The van der Waals surface area contributed by atoms with Crippen LogP contribution in [0.25, 0.3) is 0 Å². The number of alkyl halides is 6. The van der Waals surface area contributed by atoms with Crippen LogP contribution in [0.15, 0.2) is 10.7 Å². The first-order chi connectivity index (χ1) is 9.54. The smallest absolute Gasteiger partial charge is 0.308 e. The summed E-state index contributed by atoms with van der Waals surface area (Å²) in [5.74, 6) is -3.51. The predicted octanol–water partition coefficient (Wildman–Crippen LogP) is 4.06. The highest BCUT2D eigenvalue weighted by Gasteiger charge is 2.61. The van der Waals surface area contributed by atoms with Gasteiger partial charge < -0.3 is 5.32 Å². The molecule has 1 heterocycles. The summed E-state index contributed by atoms with van der Waals surface area (Å²) in [6, 6.07) is -1.97. The highest BCUT2D eigenvalue weighted by Crippen LogP contribution is 2.47. The molecule has 1 N–H and O–H groups in total. The lowest BCUT2D eigenvalue weighted by Gasteiger charge is -2.31. The number of halogens is 7. The fraction of sp³-hybridized carbons (Fsp3) is 0.727. The topological polar surface area (TPSA) is 29.9 Å². The predicted molar refractivity (Wildman–Crippen MR) is 67.6 cm³/mol. The van der Waals surface area contributed by atoms with Gasteiger partial charge in [0.1, 0.15) is 0 Å². The Bertz CT molecular complexity index is 454. The molecule has 1 atom stereocenters. The third-order valence-electron chi connectivity index (χ3n) is 2.89. The molecule has 0 amide bonds. The lowest BCUT2D eigenvalue weighted by molar-refractivity contribution is -0.293. The molecule has 0 aromatic carbocycles. The molecule has 0 radical (unpaired) electrons. The van der Waals surface area contributed by atoms with Crippen molar-refractivity contribution in [3.05, 3.63) is 16.4 Å². The van der Waals surface area contributed by atoms with E-state index in [-0.39, 0.29) is 23.3 Å².